The molecule has 124 valence electrons. The van der Waals surface area contributed by atoms with Gasteiger partial charge < -0.3 is 9.73 Å². The molecule has 1 fully saturated rings. The van der Waals surface area contributed by atoms with Crippen molar-refractivity contribution in [1.82, 2.24) is 10.2 Å². The van der Waals surface area contributed by atoms with Crippen LogP contribution in [-0.2, 0) is 10.3 Å². The molecule has 1 atom stereocenters. The number of rotatable bonds is 4. The van der Waals surface area contributed by atoms with Crippen molar-refractivity contribution < 1.29 is 18.8 Å². The first-order valence-electron chi connectivity index (χ1n) is 7.61. The van der Waals surface area contributed by atoms with Crippen molar-refractivity contribution in [2.45, 2.75) is 26.3 Å². The second kappa shape index (κ2) is 5.63. The fourth-order valence-electron chi connectivity index (χ4n) is 2.84. The van der Waals surface area contributed by atoms with Crippen molar-refractivity contribution in [2.75, 3.05) is 6.54 Å². The number of carbonyl (C=O) groups excluding carboxylic acids is 3. The first-order valence-corrected chi connectivity index (χ1v) is 7.61. The standard InChI is InChI=1S/C18H18N2O4/c1-11-6-7-12(2)13(9-11)14(21)10-20-16(22)18(3,19-17(20)23)15-5-4-8-24-15/h4-9H,10H2,1-3H3,(H,19,23). The third-order valence-corrected chi connectivity index (χ3v) is 4.28. The molecule has 1 aromatic heterocycles. The van der Waals surface area contributed by atoms with Gasteiger partial charge in [0, 0.05) is 5.56 Å². The summed E-state index contributed by atoms with van der Waals surface area (Å²) in [5.74, 6) is -0.438. The number of carbonyl (C=O) groups is 3. The molecule has 0 saturated carbocycles. The number of ketones is 1. The molecule has 2 aromatic rings. The van der Waals surface area contributed by atoms with Crippen molar-refractivity contribution in [3.63, 3.8) is 0 Å². The van der Waals surface area contributed by atoms with Gasteiger partial charge in [-0.3, -0.25) is 14.5 Å². The summed E-state index contributed by atoms with van der Waals surface area (Å²) in [5, 5.41) is 2.61. The Balaban J connectivity index is 1.85. The van der Waals surface area contributed by atoms with Crippen LogP contribution in [0.1, 0.15) is 34.2 Å². The third-order valence-electron chi connectivity index (χ3n) is 4.28. The topological polar surface area (TPSA) is 79.6 Å². The molecule has 0 bridgehead atoms. The Hall–Kier alpha value is -2.89. The van der Waals surface area contributed by atoms with E-state index >= 15 is 0 Å². The number of hydrogen-bond acceptors (Lipinski definition) is 4. The minimum absolute atomic E-state index is 0.275. The van der Waals surface area contributed by atoms with E-state index in [2.05, 4.69) is 5.32 Å². The Morgan fingerprint density at radius 3 is 2.67 bits per heavy atom. The zero-order valence-corrected chi connectivity index (χ0v) is 13.8. The predicted octanol–water partition coefficient (Wildman–Crippen LogP) is 2.55. The number of furan rings is 1. The summed E-state index contributed by atoms with van der Waals surface area (Å²) in [6, 6.07) is 8.19. The van der Waals surface area contributed by atoms with Crippen LogP contribution in [0.3, 0.4) is 0 Å². The van der Waals surface area contributed by atoms with Crippen molar-refractivity contribution in [3.05, 3.63) is 59.0 Å². The molecule has 0 radical (unpaired) electrons. The summed E-state index contributed by atoms with van der Waals surface area (Å²) in [6.45, 7) is 4.98. The van der Waals surface area contributed by atoms with Gasteiger partial charge in [0.1, 0.15) is 5.76 Å². The number of imide groups is 1. The van der Waals surface area contributed by atoms with Crippen LogP contribution in [-0.4, -0.2) is 29.2 Å². The van der Waals surface area contributed by atoms with Crippen molar-refractivity contribution >= 4 is 17.7 Å². The van der Waals surface area contributed by atoms with Gasteiger partial charge in [0.2, 0.25) is 0 Å². The minimum atomic E-state index is -1.29. The normalized spacial score (nSPS) is 20.4. The van der Waals surface area contributed by atoms with Crippen LogP contribution in [0.5, 0.6) is 0 Å². The summed E-state index contributed by atoms with van der Waals surface area (Å²) < 4.78 is 5.26. The molecule has 0 spiro atoms. The van der Waals surface area contributed by atoms with E-state index in [0.717, 1.165) is 16.0 Å². The number of aryl methyl sites for hydroxylation is 2. The molecule has 6 heteroatoms. The lowest BCUT2D eigenvalue weighted by molar-refractivity contribution is -0.131. The van der Waals surface area contributed by atoms with Crippen LogP contribution in [0.15, 0.2) is 41.0 Å². The molecule has 1 N–H and O–H groups in total. The molecule has 1 saturated heterocycles. The number of nitrogens with one attached hydrogen (secondary N) is 1. The van der Waals surface area contributed by atoms with Gasteiger partial charge in [-0.1, -0.05) is 17.7 Å². The maximum Gasteiger partial charge on any atom is 0.325 e. The van der Waals surface area contributed by atoms with Gasteiger partial charge in [-0.15, -0.1) is 0 Å². The quantitative estimate of drug-likeness (QED) is 0.692. The summed E-state index contributed by atoms with van der Waals surface area (Å²) >= 11 is 0. The maximum absolute atomic E-state index is 12.7. The average molecular weight is 326 g/mol. The monoisotopic (exact) mass is 326 g/mol. The molecule has 1 aliphatic heterocycles. The molecule has 2 heterocycles. The fraction of sp³-hybridized carbons (Fsp3) is 0.278. The van der Waals surface area contributed by atoms with Crippen molar-refractivity contribution in [1.29, 1.82) is 0 Å². The van der Waals surface area contributed by atoms with Gasteiger partial charge in [0.05, 0.1) is 12.8 Å². The Labute approximate surface area is 139 Å². The zero-order chi connectivity index (χ0) is 17.5. The first-order chi connectivity index (χ1) is 11.3. The van der Waals surface area contributed by atoms with E-state index in [1.54, 1.807) is 25.1 Å². The molecule has 1 aliphatic rings. The number of Topliss-reactive ketones (excluding diaryl/α,β-unsaturated/α-hetero) is 1. The molecular weight excluding hydrogens is 308 g/mol. The fourth-order valence-corrected chi connectivity index (χ4v) is 2.84. The van der Waals surface area contributed by atoms with Crippen LogP contribution in [0.4, 0.5) is 4.79 Å². The van der Waals surface area contributed by atoms with Crippen molar-refractivity contribution in [3.8, 4) is 0 Å². The van der Waals surface area contributed by atoms with Crippen LogP contribution < -0.4 is 5.32 Å². The molecule has 1 aromatic carbocycles. The van der Waals surface area contributed by atoms with E-state index in [1.807, 2.05) is 26.0 Å². The highest BCUT2D eigenvalue weighted by atomic mass is 16.3. The third kappa shape index (κ3) is 2.50. The number of hydrogen-bond donors (Lipinski definition) is 1. The van der Waals surface area contributed by atoms with E-state index in [1.165, 1.54) is 6.26 Å². The highest BCUT2D eigenvalue weighted by molar-refractivity contribution is 6.11. The van der Waals surface area contributed by atoms with Crippen LogP contribution >= 0.6 is 0 Å². The molecule has 3 amide bonds. The predicted molar refractivity (Wildman–Crippen MR) is 86.6 cm³/mol. The lowest BCUT2D eigenvalue weighted by Gasteiger charge is -2.19. The number of urea groups is 1. The highest BCUT2D eigenvalue weighted by Crippen LogP contribution is 2.29. The maximum atomic E-state index is 12.7. The molecule has 24 heavy (non-hydrogen) atoms. The molecule has 6 nitrogen and oxygen atoms in total. The van der Waals surface area contributed by atoms with Gasteiger partial charge in [0.15, 0.2) is 11.3 Å². The highest BCUT2D eigenvalue weighted by Gasteiger charge is 2.51. The molecule has 0 aliphatic carbocycles. The van der Waals surface area contributed by atoms with Gasteiger partial charge in [-0.2, -0.15) is 0 Å². The van der Waals surface area contributed by atoms with Crippen molar-refractivity contribution in [2.24, 2.45) is 0 Å². The van der Waals surface area contributed by atoms with Gasteiger partial charge in [-0.05, 0) is 44.5 Å². The largest absolute Gasteiger partial charge is 0.466 e. The second-order valence-electron chi connectivity index (χ2n) is 6.17. The minimum Gasteiger partial charge on any atom is -0.466 e. The van der Waals surface area contributed by atoms with Gasteiger partial charge in [-0.25, -0.2) is 4.79 Å². The average Bonchev–Trinajstić information content (AvgIpc) is 3.14. The van der Waals surface area contributed by atoms with E-state index < -0.39 is 17.5 Å². The van der Waals surface area contributed by atoms with E-state index in [9.17, 15) is 14.4 Å². The lowest BCUT2D eigenvalue weighted by atomic mass is 9.98. The molecule has 1 unspecified atom stereocenters. The Morgan fingerprint density at radius 2 is 2.00 bits per heavy atom. The lowest BCUT2D eigenvalue weighted by Crippen LogP contribution is -2.41. The van der Waals surface area contributed by atoms with Crippen LogP contribution in [0.2, 0.25) is 0 Å². The van der Waals surface area contributed by atoms with Gasteiger partial charge in [0.25, 0.3) is 5.91 Å². The Bertz CT molecular complexity index is 826. The van der Waals surface area contributed by atoms with E-state index in [4.69, 9.17) is 4.42 Å². The Kier molecular flexibility index (Phi) is 3.75. The molecule has 3 rings (SSSR count). The number of amides is 3. The van der Waals surface area contributed by atoms with E-state index in [-0.39, 0.29) is 12.3 Å². The Morgan fingerprint density at radius 1 is 1.25 bits per heavy atom. The molecular formula is C18H18N2O4. The summed E-state index contributed by atoms with van der Waals surface area (Å²) in [4.78, 5) is 38.4. The second-order valence-corrected chi connectivity index (χ2v) is 6.17. The summed E-state index contributed by atoms with van der Waals surface area (Å²) in [7, 11) is 0. The summed E-state index contributed by atoms with van der Waals surface area (Å²) in [5.41, 5.74) is 0.984. The first kappa shape index (κ1) is 16.0. The van der Waals surface area contributed by atoms with Gasteiger partial charge >= 0.3 is 6.03 Å². The van der Waals surface area contributed by atoms with E-state index in [0.29, 0.717) is 11.3 Å². The number of nitrogens with zero attached hydrogens (tertiary/aromatic N) is 1. The van der Waals surface area contributed by atoms with Crippen LogP contribution in [0, 0.1) is 13.8 Å². The SMILES string of the molecule is Cc1ccc(C)c(C(=O)CN2C(=O)NC(C)(c3ccco3)C2=O)c1. The zero-order valence-electron chi connectivity index (χ0n) is 13.8. The summed E-state index contributed by atoms with van der Waals surface area (Å²) in [6.07, 6.45) is 1.43. The van der Waals surface area contributed by atoms with Crippen LogP contribution in [0.25, 0.3) is 0 Å². The smallest absolute Gasteiger partial charge is 0.325 e. The number of benzene rings is 1.